The van der Waals surface area contributed by atoms with Crippen molar-refractivity contribution in [3.05, 3.63) is 12.4 Å². The molecule has 0 saturated carbocycles. The quantitative estimate of drug-likeness (QED) is 0.721. The number of nitrogens with two attached hydrogens (primary N) is 1. The van der Waals surface area contributed by atoms with Crippen molar-refractivity contribution in [3.8, 4) is 0 Å². The number of amides is 1. The average Bonchev–Trinajstić information content (AvgIpc) is 2.27. The highest BCUT2D eigenvalue weighted by molar-refractivity contribution is 5.90. The molecular weight excluding hydrogens is 194 g/mol. The van der Waals surface area contributed by atoms with E-state index in [9.17, 15) is 4.79 Å². The van der Waals surface area contributed by atoms with Gasteiger partial charge in [-0.2, -0.15) is 5.10 Å². The minimum atomic E-state index is -0.101. The van der Waals surface area contributed by atoms with Crippen molar-refractivity contribution < 1.29 is 4.79 Å². The largest absolute Gasteiger partial charge is 0.330 e. The van der Waals surface area contributed by atoms with Gasteiger partial charge >= 0.3 is 0 Å². The van der Waals surface area contributed by atoms with Gasteiger partial charge in [-0.15, -0.1) is 5.10 Å². The highest BCUT2D eigenvalue weighted by atomic mass is 16.2. The standard InChI is InChI=1S/C9H15N5O/c1-7(3-2-4-10)8(15)13-9-11-5-6-12-14-9/h5-7H,2-4,10H2,1H3,(H,11,13,14,15). The molecule has 0 fully saturated rings. The van der Waals surface area contributed by atoms with Crippen molar-refractivity contribution in [3.63, 3.8) is 0 Å². The molecular formula is C9H15N5O. The molecule has 0 bridgehead atoms. The van der Waals surface area contributed by atoms with Crippen LogP contribution in [0.2, 0.25) is 0 Å². The van der Waals surface area contributed by atoms with Gasteiger partial charge in [0.1, 0.15) is 0 Å². The molecule has 1 rings (SSSR count). The first-order valence-electron chi connectivity index (χ1n) is 4.88. The van der Waals surface area contributed by atoms with Crippen molar-refractivity contribution in [2.45, 2.75) is 19.8 Å². The van der Waals surface area contributed by atoms with Gasteiger partial charge in [-0.1, -0.05) is 6.92 Å². The number of anilines is 1. The zero-order chi connectivity index (χ0) is 11.1. The van der Waals surface area contributed by atoms with Gasteiger partial charge in [0, 0.05) is 5.92 Å². The van der Waals surface area contributed by atoms with Crippen molar-refractivity contribution in [1.29, 1.82) is 0 Å². The molecule has 0 aliphatic rings. The van der Waals surface area contributed by atoms with Crippen LogP contribution in [0.4, 0.5) is 5.95 Å². The fourth-order valence-corrected chi connectivity index (χ4v) is 1.09. The third-order valence-corrected chi connectivity index (χ3v) is 2.01. The molecule has 1 heterocycles. The first-order valence-corrected chi connectivity index (χ1v) is 4.88. The lowest BCUT2D eigenvalue weighted by Crippen LogP contribution is -2.22. The molecule has 0 spiro atoms. The Labute approximate surface area is 88.3 Å². The maximum absolute atomic E-state index is 11.6. The maximum Gasteiger partial charge on any atom is 0.249 e. The number of hydrogen-bond donors (Lipinski definition) is 2. The van der Waals surface area contributed by atoms with E-state index in [-0.39, 0.29) is 17.8 Å². The monoisotopic (exact) mass is 209 g/mol. The molecule has 0 aromatic carbocycles. The van der Waals surface area contributed by atoms with Crippen LogP contribution in [0.15, 0.2) is 12.4 Å². The van der Waals surface area contributed by atoms with E-state index in [0.717, 1.165) is 12.8 Å². The van der Waals surface area contributed by atoms with Crippen molar-refractivity contribution >= 4 is 11.9 Å². The van der Waals surface area contributed by atoms with Crippen LogP contribution in [0, 0.1) is 5.92 Å². The fourth-order valence-electron chi connectivity index (χ4n) is 1.09. The second kappa shape index (κ2) is 6.02. The minimum absolute atomic E-state index is 0.0858. The molecule has 1 aromatic heterocycles. The van der Waals surface area contributed by atoms with Gasteiger partial charge in [0.2, 0.25) is 11.9 Å². The first kappa shape index (κ1) is 11.5. The van der Waals surface area contributed by atoms with Crippen LogP contribution in [0.25, 0.3) is 0 Å². The second-order valence-corrected chi connectivity index (χ2v) is 3.29. The average molecular weight is 209 g/mol. The summed E-state index contributed by atoms with van der Waals surface area (Å²) in [6.07, 6.45) is 4.53. The number of carbonyl (C=O) groups excluding carboxylic acids is 1. The number of carbonyl (C=O) groups is 1. The number of hydrogen-bond acceptors (Lipinski definition) is 5. The predicted molar refractivity (Wildman–Crippen MR) is 55.9 cm³/mol. The lowest BCUT2D eigenvalue weighted by atomic mass is 10.1. The lowest BCUT2D eigenvalue weighted by molar-refractivity contribution is -0.119. The fraction of sp³-hybridized carbons (Fsp3) is 0.556. The van der Waals surface area contributed by atoms with Crippen LogP contribution < -0.4 is 11.1 Å². The van der Waals surface area contributed by atoms with E-state index in [0.29, 0.717) is 6.54 Å². The molecule has 3 N–H and O–H groups in total. The van der Waals surface area contributed by atoms with Crippen LogP contribution in [-0.2, 0) is 4.79 Å². The van der Waals surface area contributed by atoms with E-state index >= 15 is 0 Å². The smallest absolute Gasteiger partial charge is 0.249 e. The van der Waals surface area contributed by atoms with Crippen LogP contribution in [0.1, 0.15) is 19.8 Å². The predicted octanol–water partition coefficient (Wildman–Crippen LogP) is 0.185. The molecule has 0 radical (unpaired) electrons. The number of rotatable bonds is 5. The van der Waals surface area contributed by atoms with Gasteiger partial charge in [0.15, 0.2) is 0 Å². The van der Waals surface area contributed by atoms with Gasteiger partial charge in [-0.05, 0) is 19.4 Å². The van der Waals surface area contributed by atoms with E-state index in [1.54, 1.807) is 0 Å². The number of aromatic nitrogens is 3. The zero-order valence-electron chi connectivity index (χ0n) is 8.68. The molecule has 82 valence electrons. The molecule has 1 unspecified atom stereocenters. The molecule has 0 saturated heterocycles. The molecule has 15 heavy (non-hydrogen) atoms. The summed E-state index contributed by atoms with van der Waals surface area (Å²) in [7, 11) is 0. The summed E-state index contributed by atoms with van der Waals surface area (Å²) in [5.74, 6) is 0.0518. The normalized spacial score (nSPS) is 12.1. The Morgan fingerprint density at radius 2 is 2.40 bits per heavy atom. The van der Waals surface area contributed by atoms with Crippen LogP contribution >= 0.6 is 0 Å². The van der Waals surface area contributed by atoms with E-state index in [4.69, 9.17) is 5.73 Å². The topological polar surface area (TPSA) is 93.8 Å². The Balaban J connectivity index is 2.42. The SMILES string of the molecule is CC(CCCN)C(=O)Nc1nccnn1. The maximum atomic E-state index is 11.6. The summed E-state index contributed by atoms with van der Waals surface area (Å²) in [5, 5.41) is 9.86. The summed E-state index contributed by atoms with van der Waals surface area (Å²) in [4.78, 5) is 15.4. The third-order valence-electron chi connectivity index (χ3n) is 2.01. The van der Waals surface area contributed by atoms with Gasteiger partial charge in [0.05, 0.1) is 12.4 Å². The van der Waals surface area contributed by atoms with Gasteiger partial charge in [-0.25, -0.2) is 4.98 Å². The minimum Gasteiger partial charge on any atom is -0.330 e. The van der Waals surface area contributed by atoms with Crippen LogP contribution in [-0.4, -0.2) is 27.6 Å². The van der Waals surface area contributed by atoms with E-state index in [2.05, 4.69) is 20.5 Å². The molecule has 1 atom stereocenters. The lowest BCUT2D eigenvalue weighted by Gasteiger charge is -2.09. The van der Waals surface area contributed by atoms with Gasteiger partial charge in [0.25, 0.3) is 0 Å². The first-order chi connectivity index (χ1) is 7.24. The zero-order valence-corrected chi connectivity index (χ0v) is 8.68. The second-order valence-electron chi connectivity index (χ2n) is 3.29. The van der Waals surface area contributed by atoms with Crippen molar-refractivity contribution in [2.24, 2.45) is 11.7 Å². The summed E-state index contributed by atoms with van der Waals surface area (Å²) >= 11 is 0. The highest BCUT2D eigenvalue weighted by Gasteiger charge is 2.13. The highest BCUT2D eigenvalue weighted by Crippen LogP contribution is 2.07. The molecule has 0 aliphatic carbocycles. The van der Waals surface area contributed by atoms with E-state index < -0.39 is 0 Å². The Morgan fingerprint density at radius 1 is 1.60 bits per heavy atom. The van der Waals surface area contributed by atoms with E-state index in [1.165, 1.54) is 12.4 Å². The van der Waals surface area contributed by atoms with E-state index in [1.807, 2.05) is 6.92 Å². The Kier molecular flexibility index (Phi) is 4.62. The summed E-state index contributed by atoms with van der Waals surface area (Å²) in [6.45, 7) is 2.45. The number of nitrogens with one attached hydrogen (secondary N) is 1. The Morgan fingerprint density at radius 3 is 3.00 bits per heavy atom. The summed E-state index contributed by atoms with van der Waals surface area (Å²) in [5.41, 5.74) is 5.36. The van der Waals surface area contributed by atoms with Crippen molar-refractivity contribution in [1.82, 2.24) is 15.2 Å². The van der Waals surface area contributed by atoms with Crippen molar-refractivity contribution in [2.75, 3.05) is 11.9 Å². The van der Waals surface area contributed by atoms with Gasteiger partial charge < -0.3 is 5.73 Å². The molecule has 6 heteroatoms. The molecule has 0 aliphatic heterocycles. The van der Waals surface area contributed by atoms with Gasteiger partial charge in [-0.3, -0.25) is 10.1 Å². The number of nitrogens with zero attached hydrogens (tertiary/aromatic N) is 3. The summed E-state index contributed by atoms with van der Waals surface area (Å²) < 4.78 is 0. The molecule has 1 aromatic rings. The Bertz CT molecular complexity index is 303. The van der Waals surface area contributed by atoms with Crippen LogP contribution in [0.5, 0.6) is 0 Å². The summed E-state index contributed by atoms with van der Waals surface area (Å²) in [6, 6.07) is 0. The van der Waals surface area contributed by atoms with Crippen LogP contribution in [0.3, 0.4) is 0 Å². The Hall–Kier alpha value is -1.56. The molecule has 1 amide bonds. The third kappa shape index (κ3) is 3.99. The molecule has 6 nitrogen and oxygen atoms in total.